The predicted molar refractivity (Wildman–Crippen MR) is 73.1 cm³/mol. The van der Waals surface area contributed by atoms with Gasteiger partial charge in [0.25, 0.3) is 0 Å². The number of carboxylic acids is 1. The molecule has 1 amide bonds. The van der Waals surface area contributed by atoms with Crippen molar-refractivity contribution in [2.75, 3.05) is 25.6 Å². The van der Waals surface area contributed by atoms with Gasteiger partial charge in [-0.15, -0.1) is 0 Å². The lowest BCUT2D eigenvalue weighted by Crippen LogP contribution is -2.30. The highest BCUT2D eigenvalue weighted by molar-refractivity contribution is 7.99. The second-order valence-corrected chi connectivity index (χ2v) is 4.83. The largest absolute Gasteiger partial charge is 0.478 e. The molecule has 0 saturated heterocycles. The Morgan fingerprint density at radius 3 is 2.61 bits per heavy atom. The fraction of sp³-hybridized carbons (Fsp3) is 0.385. The summed E-state index contributed by atoms with van der Waals surface area (Å²) < 4.78 is 0. The second kappa shape index (κ2) is 7.06. The zero-order chi connectivity index (χ0) is 13.5. The number of likely N-dealkylation sites (N-methyl/N-ethyl adjacent to an activating group) is 1. The molecule has 4 nitrogen and oxygen atoms in total. The molecular weight excluding hydrogens is 250 g/mol. The van der Waals surface area contributed by atoms with Gasteiger partial charge >= 0.3 is 5.97 Å². The molecule has 0 heterocycles. The molecule has 0 aliphatic heterocycles. The highest BCUT2D eigenvalue weighted by Crippen LogP contribution is 2.10. The summed E-state index contributed by atoms with van der Waals surface area (Å²) >= 11 is 1.48. The third kappa shape index (κ3) is 4.07. The minimum absolute atomic E-state index is 0.0651. The number of hydrogen-bond acceptors (Lipinski definition) is 3. The number of rotatable bonds is 6. The molecule has 0 fully saturated rings. The minimum Gasteiger partial charge on any atom is -0.478 e. The first-order valence-corrected chi connectivity index (χ1v) is 6.99. The Morgan fingerprint density at radius 2 is 2.00 bits per heavy atom. The van der Waals surface area contributed by atoms with Crippen LogP contribution in [0.4, 0.5) is 0 Å². The van der Waals surface area contributed by atoms with Crippen LogP contribution in [-0.2, 0) is 11.2 Å². The molecule has 0 spiro atoms. The molecule has 1 rings (SSSR count). The first-order chi connectivity index (χ1) is 8.56. The van der Waals surface area contributed by atoms with Crippen LogP contribution in [0.2, 0.25) is 0 Å². The summed E-state index contributed by atoms with van der Waals surface area (Å²) in [6.45, 7) is 0.531. The number of aromatic carboxylic acids is 1. The van der Waals surface area contributed by atoms with Crippen LogP contribution >= 0.6 is 11.8 Å². The van der Waals surface area contributed by atoms with Crippen molar-refractivity contribution in [3.05, 3.63) is 35.4 Å². The lowest BCUT2D eigenvalue weighted by Gasteiger charge is -2.17. The SMILES string of the molecule is CSCC(=O)N(C)CCc1ccccc1C(=O)O. The highest BCUT2D eigenvalue weighted by atomic mass is 32.2. The normalized spacial score (nSPS) is 10.1. The Morgan fingerprint density at radius 1 is 1.33 bits per heavy atom. The first kappa shape index (κ1) is 14.6. The van der Waals surface area contributed by atoms with Gasteiger partial charge in [-0.05, 0) is 24.3 Å². The molecule has 0 radical (unpaired) electrons. The number of benzene rings is 1. The van der Waals surface area contributed by atoms with E-state index < -0.39 is 5.97 Å². The second-order valence-electron chi connectivity index (χ2n) is 3.96. The van der Waals surface area contributed by atoms with Crippen LogP contribution in [0.15, 0.2) is 24.3 Å². The molecule has 18 heavy (non-hydrogen) atoms. The lowest BCUT2D eigenvalue weighted by molar-refractivity contribution is -0.127. The van der Waals surface area contributed by atoms with E-state index in [1.165, 1.54) is 11.8 Å². The smallest absolute Gasteiger partial charge is 0.335 e. The molecular formula is C13H17NO3S. The van der Waals surface area contributed by atoms with E-state index in [1.54, 1.807) is 30.1 Å². The van der Waals surface area contributed by atoms with E-state index in [-0.39, 0.29) is 5.91 Å². The summed E-state index contributed by atoms with van der Waals surface area (Å²) in [6.07, 6.45) is 2.44. The monoisotopic (exact) mass is 267 g/mol. The van der Waals surface area contributed by atoms with Gasteiger partial charge in [-0.3, -0.25) is 4.79 Å². The summed E-state index contributed by atoms with van der Waals surface area (Å²) in [5.41, 5.74) is 1.07. The fourth-order valence-electron chi connectivity index (χ4n) is 1.59. The summed E-state index contributed by atoms with van der Waals surface area (Å²) in [5.74, 6) is -0.407. The molecule has 0 atom stereocenters. The summed E-state index contributed by atoms with van der Waals surface area (Å²) in [5, 5.41) is 9.04. The van der Waals surface area contributed by atoms with Gasteiger partial charge in [0.05, 0.1) is 11.3 Å². The van der Waals surface area contributed by atoms with Crippen LogP contribution in [0.1, 0.15) is 15.9 Å². The number of amides is 1. The zero-order valence-electron chi connectivity index (χ0n) is 10.5. The van der Waals surface area contributed by atoms with Gasteiger partial charge in [-0.25, -0.2) is 4.79 Å². The number of hydrogen-bond donors (Lipinski definition) is 1. The third-order valence-corrected chi connectivity index (χ3v) is 3.19. The van der Waals surface area contributed by atoms with Crippen molar-refractivity contribution in [1.29, 1.82) is 0 Å². The molecule has 1 aromatic carbocycles. The van der Waals surface area contributed by atoms with Gasteiger partial charge in [0, 0.05) is 13.6 Å². The Labute approximate surface area is 111 Å². The number of thioether (sulfide) groups is 1. The Balaban J connectivity index is 2.63. The Kier molecular flexibility index (Phi) is 5.71. The van der Waals surface area contributed by atoms with Crippen molar-refractivity contribution in [2.24, 2.45) is 0 Å². The highest BCUT2D eigenvalue weighted by Gasteiger charge is 2.11. The zero-order valence-corrected chi connectivity index (χ0v) is 11.4. The van der Waals surface area contributed by atoms with Gasteiger partial charge in [0.2, 0.25) is 5.91 Å². The topological polar surface area (TPSA) is 57.6 Å². The number of nitrogens with zero attached hydrogens (tertiary/aromatic N) is 1. The van der Waals surface area contributed by atoms with Crippen LogP contribution in [0.25, 0.3) is 0 Å². The van der Waals surface area contributed by atoms with E-state index in [9.17, 15) is 9.59 Å². The van der Waals surface area contributed by atoms with Crippen LogP contribution in [-0.4, -0.2) is 47.5 Å². The van der Waals surface area contributed by atoms with E-state index in [2.05, 4.69) is 0 Å². The fourth-order valence-corrected chi connectivity index (χ4v) is 2.06. The van der Waals surface area contributed by atoms with E-state index in [0.29, 0.717) is 24.3 Å². The number of carbonyl (C=O) groups excluding carboxylic acids is 1. The summed E-state index contributed by atoms with van der Waals surface area (Å²) in [7, 11) is 1.74. The van der Waals surface area contributed by atoms with Crippen LogP contribution in [0, 0.1) is 0 Å². The van der Waals surface area contributed by atoms with Gasteiger partial charge in [-0.1, -0.05) is 18.2 Å². The lowest BCUT2D eigenvalue weighted by atomic mass is 10.0. The van der Waals surface area contributed by atoms with E-state index in [1.807, 2.05) is 12.3 Å². The maximum atomic E-state index is 11.6. The molecule has 1 N–H and O–H groups in total. The molecule has 0 aromatic heterocycles. The van der Waals surface area contributed by atoms with Crippen molar-refractivity contribution in [1.82, 2.24) is 4.90 Å². The Hall–Kier alpha value is -1.49. The van der Waals surface area contributed by atoms with Crippen LogP contribution in [0.3, 0.4) is 0 Å². The minimum atomic E-state index is -0.927. The predicted octanol–water partition coefficient (Wildman–Crippen LogP) is 1.75. The van der Waals surface area contributed by atoms with Gasteiger partial charge in [-0.2, -0.15) is 11.8 Å². The molecule has 98 valence electrons. The molecule has 1 aromatic rings. The number of carbonyl (C=O) groups is 2. The van der Waals surface area contributed by atoms with Crippen molar-refractivity contribution in [3.8, 4) is 0 Å². The molecule has 0 unspecified atom stereocenters. The Bertz CT molecular complexity index is 434. The van der Waals surface area contributed by atoms with E-state index in [0.717, 1.165) is 5.56 Å². The van der Waals surface area contributed by atoms with Gasteiger partial charge < -0.3 is 10.0 Å². The van der Waals surface area contributed by atoms with Crippen LogP contribution < -0.4 is 0 Å². The molecule has 0 saturated carbocycles. The van der Waals surface area contributed by atoms with Crippen molar-refractivity contribution < 1.29 is 14.7 Å². The third-order valence-electron chi connectivity index (χ3n) is 2.66. The number of carboxylic acid groups (broad SMARTS) is 1. The summed E-state index contributed by atoms with van der Waals surface area (Å²) in [6, 6.07) is 6.89. The molecule has 0 aliphatic carbocycles. The van der Waals surface area contributed by atoms with Crippen molar-refractivity contribution in [3.63, 3.8) is 0 Å². The van der Waals surface area contributed by atoms with Gasteiger partial charge in [0.1, 0.15) is 0 Å². The van der Waals surface area contributed by atoms with Gasteiger partial charge in [0.15, 0.2) is 0 Å². The molecule has 5 heteroatoms. The van der Waals surface area contributed by atoms with E-state index in [4.69, 9.17) is 5.11 Å². The van der Waals surface area contributed by atoms with Crippen molar-refractivity contribution >= 4 is 23.6 Å². The average molecular weight is 267 g/mol. The average Bonchev–Trinajstić information content (AvgIpc) is 2.36. The molecule has 0 bridgehead atoms. The van der Waals surface area contributed by atoms with Crippen molar-refractivity contribution in [2.45, 2.75) is 6.42 Å². The van der Waals surface area contributed by atoms with Crippen LogP contribution in [0.5, 0.6) is 0 Å². The maximum absolute atomic E-state index is 11.6. The first-order valence-electron chi connectivity index (χ1n) is 5.60. The van der Waals surface area contributed by atoms with E-state index >= 15 is 0 Å². The quantitative estimate of drug-likeness (QED) is 0.853. The standard InChI is InChI=1S/C13H17NO3S/c1-14(12(15)9-18-2)8-7-10-5-3-4-6-11(10)13(16)17/h3-6H,7-9H2,1-2H3,(H,16,17). The molecule has 0 aliphatic rings. The maximum Gasteiger partial charge on any atom is 0.335 e. The summed E-state index contributed by atoms with van der Waals surface area (Å²) in [4.78, 5) is 24.2.